The second kappa shape index (κ2) is 5.97. The van der Waals surface area contributed by atoms with Gasteiger partial charge >= 0.3 is 6.03 Å². The Balaban J connectivity index is 1.58. The summed E-state index contributed by atoms with van der Waals surface area (Å²) in [6, 6.07) is -0.590. The van der Waals surface area contributed by atoms with E-state index >= 15 is 0 Å². The smallest absolute Gasteiger partial charge is 0.349 e. The minimum atomic E-state index is -0.590. The SMILES string of the molecule is Cc1nnsc1C(=O)NCCN1C(=O)N=C2C=CSC2C1=O. The Hall–Kier alpha value is -2.07. The lowest BCUT2D eigenvalue weighted by Crippen LogP contribution is -2.49. The maximum atomic E-state index is 12.2. The molecule has 0 bridgehead atoms. The first-order valence-electron chi connectivity index (χ1n) is 6.41. The fraction of sp³-hybridized carbons (Fsp3) is 0.333. The van der Waals surface area contributed by atoms with Gasteiger partial charge in [0.05, 0.1) is 11.4 Å². The number of amides is 4. The van der Waals surface area contributed by atoms with Crippen molar-refractivity contribution in [2.75, 3.05) is 13.1 Å². The molecule has 0 aliphatic carbocycles. The molecule has 0 spiro atoms. The van der Waals surface area contributed by atoms with Crippen molar-refractivity contribution in [2.24, 2.45) is 4.99 Å². The summed E-state index contributed by atoms with van der Waals surface area (Å²) in [5.74, 6) is -0.611. The molecule has 22 heavy (non-hydrogen) atoms. The molecule has 2 aliphatic heterocycles. The van der Waals surface area contributed by atoms with Crippen molar-refractivity contribution in [1.82, 2.24) is 19.8 Å². The Morgan fingerprint density at radius 3 is 3.00 bits per heavy atom. The number of nitrogens with zero attached hydrogens (tertiary/aromatic N) is 4. The van der Waals surface area contributed by atoms with Gasteiger partial charge in [0.2, 0.25) is 5.91 Å². The third kappa shape index (κ3) is 2.66. The maximum absolute atomic E-state index is 12.2. The van der Waals surface area contributed by atoms with E-state index < -0.39 is 11.3 Å². The van der Waals surface area contributed by atoms with Gasteiger partial charge in [-0.25, -0.2) is 4.79 Å². The quantitative estimate of drug-likeness (QED) is 0.863. The molecule has 1 aromatic rings. The van der Waals surface area contributed by atoms with Crippen LogP contribution in [0.25, 0.3) is 0 Å². The van der Waals surface area contributed by atoms with Crippen LogP contribution in [-0.4, -0.2) is 56.4 Å². The minimum Gasteiger partial charge on any atom is -0.349 e. The molecule has 2 aliphatic rings. The third-order valence-corrected chi connectivity index (χ3v) is 4.98. The van der Waals surface area contributed by atoms with E-state index in [4.69, 9.17) is 0 Å². The summed E-state index contributed by atoms with van der Waals surface area (Å²) in [6.45, 7) is 1.93. The highest BCUT2D eigenvalue weighted by Crippen LogP contribution is 2.27. The predicted octanol–water partition coefficient (Wildman–Crippen LogP) is 0.609. The molecule has 1 atom stereocenters. The van der Waals surface area contributed by atoms with E-state index in [0.717, 1.165) is 16.4 Å². The van der Waals surface area contributed by atoms with Crippen molar-refractivity contribution in [1.29, 1.82) is 0 Å². The number of hydrogen-bond acceptors (Lipinski definition) is 7. The van der Waals surface area contributed by atoms with Gasteiger partial charge in [-0.15, -0.1) is 16.9 Å². The highest BCUT2D eigenvalue weighted by atomic mass is 32.2. The van der Waals surface area contributed by atoms with E-state index in [2.05, 4.69) is 19.9 Å². The fourth-order valence-corrected chi connectivity index (χ4v) is 3.50. The number of carbonyl (C=O) groups excluding carboxylic acids is 3. The van der Waals surface area contributed by atoms with E-state index in [1.165, 1.54) is 11.8 Å². The van der Waals surface area contributed by atoms with E-state index in [9.17, 15) is 14.4 Å². The van der Waals surface area contributed by atoms with E-state index in [1.807, 2.05) is 0 Å². The Bertz CT molecular complexity index is 711. The maximum Gasteiger partial charge on any atom is 0.350 e. The molecule has 8 nitrogen and oxygen atoms in total. The van der Waals surface area contributed by atoms with Gasteiger partial charge in [0, 0.05) is 13.1 Å². The van der Waals surface area contributed by atoms with Crippen LogP contribution >= 0.6 is 23.3 Å². The van der Waals surface area contributed by atoms with Gasteiger partial charge in [0.1, 0.15) is 10.1 Å². The van der Waals surface area contributed by atoms with Gasteiger partial charge in [-0.3, -0.25) is 14.5 Å². The Labute approximate surface area is 133 Å². The zero-order chi connectivity index (χ0) is 15.7. The number of thioether (sulfide) groups is 1. The van der Waals surface area contributed by atoms with Gasteiger partial charge in [0.15, 0.2) is 0 Å². The number of allylic oxidation sites excluding steroid dienone is 1. The number of rotatable bonds is 4. The molecule has 0 aromatic carbocycles. The van der Waals surface area contributed by atoms with Crippen LogP contribution in [0.15, 0.2) is 16.5 Å². The standard InChI is InChI=1S/C12H11N5O3S2/c1-6-8(22-16-15-6)10(18)13-3-4-17-11(19)9-7(2-5-21-9)14-12(17)20/h2,5,9H,3-4H2,1H3,(H,13,18). The molecule has 10 heteroatoms. The molecule has 0 saturated carbocycles. The number of urea groups is 1. The summed E-state index contributed by atoms with van der Waals surface area (Å²) in [6.07, 6.45) is 1.67. The lowest BCUT2D eigenvalue weighted by Gasteiger charge is -2.25. The van der Waals surface area contributed by atoms with Gasteiger partial charge in [-0.1, -0.05) is 4.49 Å². The highest BCUT2D eigenvalue weighted by Gasteiger charge is 2.38. The number of aryl methyl sites for hydroxylation is 1. The number of aliphatic imine (C=N–C) groups is 1. The van der Waals surface area contributed by atoms with Crippen molar-refractivity contribution >= 4 is 46.9 Å². The Kier molecular flexibility index (Phi) is 4.03. The van der Waals surface area contributed by atoms with Crippen LogP contribution in [0.2, 0.25) is 0 Å². The zero-order valence-corrected chi connectivity index (χ0v) is 13.1. The van der Waals surface area contributed by atoms with Crippen LogP contribution in [0.4, 0.5) is 4.79 Å². The molecular formula is C12H11N5O3S2. The molecule has 4 amide bonds. The molecule has 3 rings (SSSR count). The van der Waals surface area contributed by atoms with Crippen LogP contribution < -0.4 is 5.32 Å². The summed E-state index contributed by atoms with van der Waals surface area (Å²) in [5, 5.41) is 7.71. The fourth-order valence-electron chi connectivity index (χ4n) is 2.04. The molecule has 114 valence electrons. The van der Waals surface area contributed by atoms with Crippen LogP contribution in [0, 0.1) is 6.92 Å². The second-order valence-electron chi connectivity index (χ2n) is 4.57. The van der Waals surface area contributed by atoms with E-state index in [1.54, 1.807) is 18.4 Å². The molecule has 0 fully saturated rings. The van der Waals surface area contributed by atoms with Crippen molar-refractivity contribution in [3.63, 3.8) is 0 Å². The van der Waals surface area contributed by atoms with E-state index in [-0.39, 0.29) is 24.9 Å². The van der Waals surface area contributed by atoms with Gasteiger partial charge in [-0.05, 0) is 29.9 Å². The molecule has 3 heterocycles. The highest BCUT2D eigenvalue weighted by molar-refractivity contribution is 8.04. The largest absolute Gasteiger partial charge is 0.350 e. The van der Waals surface area contributed by atoms with Gasteiger partial charge in [-0.2, -0.15) is 4.99 Å². The number of carbonyl (C=O) groups is 3. The molecule has 1 N–H and O–H groups in total. The van der Waals surface area contributed by atoms with Crippen molar-refractivity contribution in [3.05, 3.63) is 22.1 Å². The lowest BCUT2D eigenvalue weighted by atomic mass is 10.2. The van der Waals surface area contributed by atoms with Crippen molar-refractivity contribution < 1.29 is 14.4 Å². The number of hydrogen-bond donors (Lipinski definition) is 1. The number of nitrogens with one attached hydrogen (secondary N) is 1. The summed E-state index contributed by atoms with van der Waals surface area (Å²) in [7, 11) is 0. The summed E-state index contributed by atoms with van der Waals surface area (Å²) < 4.78 is 3.69. The van der Waals surface area contributed by atoms with Gasteiger partial charge < -0.3 is 5.32 Å². The minimum absolute atomic E-state index is 0.0858. The zero-order valence-electron chi connectivity index (χ0n) is 11.5. The molecule has 0 radical (unpaired) electrons. The number of fused-ring (bicyclic) bond motifs is 1. The summed E-state index contributed by atoms with van der Waals surface area (Å²) in [4.78, 5) is 41.3. The monoisotopic (exact) mass is 337 g/mol. The normalized spacial score (nSPS) is 20.1. The average molecular weight is 337 g/mol. The Morgan fingerprint density at radius 2 is 2.27 bits per heavy atom. The average Bonchev–Trinajstić information content (AvgIpc) is 3.10. The van der Waals surface area contributed by atoms with Crippen LogP contribution in [0.3, 0.4) is 0 Å². The van der Waals surface area contributed by atoms with Crippen LogP contribution in [-0.2, 0) is 4.79 Å². The molecule has 1 aromatic heterocycles. The first-order chi connectivity index (χ1) is 10.6. The topological polar surface area (TPSA) is 105 Å². The third-order valence-electron chi connectivity index (χ3n) is 3.15. The Morgan fingerprint density at radius 1 is 1.45 bits per heavy atom. The summed E-state index contributed by atoms with van der Waals surface area (Å²) in [5.41, 5.74) is 1.04. The first-order valence-corrected chi connectivity index (χ1v) is 8.12. The predicted molar refractivity (Wildman–Crippen MR) is 82.0 cm³/mol. The second-order valence-corrected chi connectivity index (χ2v) is 6.34. The van der Waals surface area contributed by atoms with E-state index in [0.29, 0.717) is 16.3 Å². The number of imide groups is 1. The van der Waals surface area contributed by atoms with Crippen LogP contribution in [0.1, 0.15) is 15.4 Å². The summed E-state index contributed by atoms with van der Waals surface area (Å²) >= 11 is 2.33. The van der Waals surface area contributed by atoms with Gasteiger partial charge in [0.25, 0.3) is 5.91 Å². The van der Waals surface area contributed by atoms with Crippen LogP contribution in [0.5, 0.6) is 0 Å². The van der Waals surface area contributed by atoms with Crippen molar-refractivity contribution in [3.8, 4) is 0 Å². The van der Waals surface area contributed by atoms with Crippen molar-refractivity contribution in [2.45, 2.75) is 12.2 Å². The molecular weight excluding hydrogens is 326 g/mol. The molecule has 0 saturated heterocycles. The molecule has 1 unspecified atom stereocenters. The lowest BCUT2D eigenvalue weighted by molar-refractivity contribution is -0.126. The number of aromatic nitrogens is 2. The first kappa shape index (κ1) is 14.9.